The van der Waals surface area contributed by atoms with E-state index in [1.165, 1.54) is 21.5 Å². The molecule has 0 bridgehead atoms. The van der Waals surface area contributed by atoms with Crippen molar-refractivity contribution in [2.75, 3.05) is 26.3 Å². The average Bonchev–Trinajstić information content (AvgIpc) is 3.34. The van der Waals surface area contributed by atoms with Gasteiger partial charge in [-0.3, -0.25) is 4.79 Å². The minimum absolute atomic E-state index is 0.0672. The van der Waals surface area contributed by atoms with E-state index in [4.69, 9.17) is 4.74 Å². The van der Waals surface area contributed by atoms with Crippen molar-refractivity contribution in [1.82, 2.24) is 25.6 Å². The van der Waals surface area contributed by atoms with Crippen LogP contribution in [-0.2, 0) is 4.74 Å². The highest BCUT2D eigenvalue weighted by Gasteiger charge is 2.29. The molecular formula is C21H24N7O2+. The fraction of sp³-hybridized carbons (Fsp3) is 0.286. The molecule has 2 N–H and O–H groups in total. The zero-order valence-corrected chi connectivity index (χ0v) is 16.7. The second-order valence-electron chi connectivity index (χ2n) is 7.11. The SMILES string of the molecule is C/C(=N/NC(=O)c1ccc(-n2cnnn2)cc1)[C@H](c1ccccc1)[NH+]1CCOCC1. The van der Waals surface area contributed by atoms with Crippen LogP contribution in [0.3, 0.4) is 0 Å². The van der Waals surface area contributed by atoms with Crippen molar-refractivity contribution < 1.29 is 14.4 Å². The van der Waals surface area contributed by atoms with Gasteiger partial charge >= 0.3 is 0 Å². The summed E-state index contributed by atoms with van der Waals surface area (Å²) in [5, 5.41) is 15.5. The maximum atomic E-state index is 12.6. The molecule has 2 aromatic carbocycles. The summed E-state index contributed by atoms with van der Waals surface area (Å²) < 4.78 is 7.04. The van der Waals surface area contributed by atoms with Gasteiger partial charge in [-0.15, -0.1) is 5.10 Å². The van der Waals surface area contributed by atoms with E-state index >= 15 is 0 Å². The van der Waals surface area contributed by atoms with Crippen molar-refractivity contribution >= 4 is 11.6 Å². The molecule has 0 unspecified atom stereocenters. The molecule has 0 aliphatic carbocycles. The number of morpholine rings is 1. The Morgan fingerprint density at radius 3 is 2.53 bits per heavy atom. The van der Waals surface area contributed by atoms with Crippen molar-refractivity contribution in [2.24, 2.45) is 5.10 Å². The summed E-state index contributed by atoms with van der Waals surface area (Å²) in [5.41, 5.74) is 6.02. The van der Waals surface area contributed by atoms with E-state index in [0.717, 1.165) is 37.7 Å². The van der Waals surface area contributed by atoms with Crippen LogP contribution in [0.4, 0.5) is 0 Å². The van der Waals surface area contributed by atoms with E-state index in [0.29, 0.717) is 5.56 Å². The standard InChI is InChI=1S/C21H23N7O2/c1-16(20(17-5-3-2-4-6-17)27-11-13-30-14-12-27)23-24-21(29)18-7-9-19(10-8-18)28-15-22-25-26-28/h2-10,15,20H,11-14H2,1H3,(H,24,29)/p+1/b23-16-/t20-/m1/s1. The number of rotatable bonds is 6. The molecule has 0 spiro atoms. The first-order chi connectivity index (χ1) is 14.7. The third-order valence-corrected chi connectivity index (χ3v) is 5.17. The minimum Gasteiger partial charge on any atom is -0.370 e. The summed E-state index contributed by atoms with van der Waals surface area (Å²) in [5.74, 6) is -0.263. The summed E-state index contributed by atoms with van der Waals surface area (Å²) in [7, 11) is 0. The van der Waals surface area contributed by atoms with E-state index in [-0.39, 0.29) is 11.9 Å². The van der Waals surface area contributed by atoms with Gasteiger partial charge in [-0.1, -0.05) is 30.3 Å². The van der Waals surface area contributed by atoms with Crippen molar-refractivity contribution in [1.29, 1.82) is 0 Å². The van der Waals surface area contributed by atoms with Gasteiger partial charge in [0.2, 0.25) is 0 Å². The summed E-state index contributed by atoms with van der Waals surface area (Å²) in [6, 6.07) is 17.3. The van der Waals surface area contributed by atoms with Gasteiger partial charge in [0.1, 0.15) is 19.4 Å². The Morgan fingerprint density at radius 2 is 1.87 bits per heavy atom. The number of carbonyl (C=O) groups excluding carboxylic acids is 1. The fourth-order valence-corrected chi connectivity index (χ4v) is 3.65. The molecule has 0 radical (unpaired) electrons. The molecular weight excluding hydrogens is 382 g/mol. The Kier molecular flexibility index (Phi) is 6.21. The lowest BCUT2D eigenvalue weighted by molar-refractivity contribution is -0.928. The van der Waals surface area contributed by atoms with Crippen LogP contribution >= 0.6 is 0 Å². The minimum atomic E-state index is -0.263. The molecule has 3 aromatic rings. The van der Waals surface area contributed by atoms with E-state index in [1.807, 2.05) is 25.1 Å². The van der Waals surface area contributed by atoms with Gasteiger partial charge in [0.05, 0.1) is 24.6 Å². The van der Waals surface area contributed by atoms with Crippen molar-refractivity contribution in [3.05, 3.63) is 72.1 Å². The van der Waals surface area contributed by atoms with E-state index in [9.17, 15) is 4.79 Å². The lowest BCUT2D eigenvalue weighted by Gasteiger charge is -2.31. The number of quaternary nitrogens is 1. The van der Waals surface area contributed by atoms with Gasteiger partial charge in [-0.2, -0.15) is 5.10 Å². The van der Waals surface area contributed by atoms with Crippen LogP contribution in [0.1, 0.15) is 28.9 Å². The monoisotopic (exact) mass is 406 g/mol. The highest BCUT2D eigenvalue weighted by Crippen LogP contribution is 2.12. The topological polar surface area (TPSA) is 98.7 Å². The number of hydrazone groups is 1. The molecule has 9 heteroatoms. The molecule has 4 rings (SSSR count). The van der Waals surface area contributed by atoms with Crippen LogP contribution in [0.5, 0.6) is 0 Å². The fourth-order valence-electron chi connectivity index (χ4n) is 3.65. The zero-order valence-electron chi connectivity index (χ0n) is 16.7. The Labute approximate surface area is 174 Å². The van der Waals surface area contributed by atoms with Crippen LogP contribution in [0.2, 0.25) is 0 Å². The van der Waals surface area contributed by atoms with Crippen molar-refractivity contribution in [2.45, 2.75) is 13.0 Å². The predicted molar refractivity (Wildman–Crippen MR) is 110 cm³/mol. The predicted octanol–water partition coefficient (Wildman–Crippen LogP) is 0.424. The third kappa shape index (κ3) is 4.58. The Balaban J connectivity index is 1.48. The molecule has 9 nitrogen and oxygen atoms in total. The van der Waals surface area contributed by atoms with Gasteiger partial charge in [0.15, 0.2) is 6.04 Å². The third-order valence-electron chi connectivity index (χ3n) is 5.17. The molecule has 1 aliphatic rings. The second kappa shape index (κ2) is 9.38. The quantitative estimate of drug-likeness (QED) is 0.457. The second-order valence-corrected chi connectivity index (χ2v) is 7.11. The maximum absolute atomic E-state index is 12.6. The Bertz CT molecular complexity index is 982. The van der Waals surface area contributed by atoms with Crippen LogP contribution in [-0.4, -0.2) is 58.1 Å². The lowest BCUT2D eigenvalue weighted by Crippen LogP contribution is -3.15. The number of carbonyl (C=O) groups is 1. The molecule has 2 heterocycles. The van der Waals surface area contributed by atoms with Gasteiger partial charge in [-0.05, 0) is 41.6 Å². The number of nitrogens with zero attached hydrogens (tertiary/aromatic N) is 5. The summed E-state index contributed by atoms with van der Waals surface area (Å²) in [4.78, 5) is 14.0. The highest BCUT2D eigenvalue weighted by atomic mass is 16.5. The van der Waals surface area contributed by atoms with Gasteiger partial charge in [-0.25, -0.2) is 10.1 Å². The van der Waals surface area contributed by atoms with Crippen LogP contribution < -0.4 is 10.3 Å². The lowest BCUT2D eigenvalue weighted by atomic mass is 10.0. The number of amides is 1. The molecule has 1 fully saturated rings. The number of hydrogen-bond donors (Lipinski definition) is 2. The maximum Gasteiger partial charge on any atom is 0.271 e. The van der Waals surface area contributed by atoms with E-state index < -0.39 is 0 Å². The molecule has 1 aromatic heterocycles. The van der Waals surface area contributed by atoms with E-state index in [2.05, 4.69) is 38.2 Å². The number of tetrazole rings is 1. The highest BCUT2D eigenvalue weighted by molar-refractivity contribution is 5.96. The Morgan fingerprint density at radius 1 is 1.13 bits per heavy atom. The number of hydrogen-bond acceptors (Lipinski definition) is 6. The zero-order chi connectivity index (χ0) is 20.8. The summed E-state index contributed by atoms with van der Waals surface area (Å²) in [6.45, 7) is 5.22. The van der Waals surface area contributed by atoms with Gasteiger partial charge in [0.25, 0.3) is 5.91 Å². The van der Waals surface area contributed by atoms with E-state index in [1.54, 1.807) is 24.3 Å². The van der Waals surface area contributed by atoms with Gasteiger partial charge in [0, 0.05) is 11.1 Å². The Hall–Kier alpha value is -3.43. The normalized spacial score (nSPS) is 16.2. The van der Waals surface area contributed by atoms with Crippen molar-refractivity contribution in [3.8, 4) is 5.69 Å². The summed E-state index contributed by atoms with van der Waals surface area (Å²) >= 11 is 0. The van der Waals surface area contributed by atoms with Crippen LogP contribution in [0, 0.1) is 0 Å². The molecule has 30 heavy (non-hydrogen) atoms. The smallest absolute Gasteiger partial charge is 0.271 e. The molecule has 1 aliphatic heterocycles. The summed E-state index contributed by atoms with van der Waals surface area (Å²) in [6.07, 6.45) is 1.50. The van der Waals surface area contributed by atoms with Crippen molar-refractivity contribution in [3.63, 3.8) is 0 Å². The average molecular weight is 406 g/mol. The molecule has 1 saturated heterocycles. The first-order valence-corrected chi connectivity index (χ1v) is 9.87. The molecule has 1 atom stereocenters. The number of ether oxygens (including phenoxy) is 1. The first kappa shape index (κ1) is 19.9. The van der Waals surface area contributed by atoms with Crippen LogP contribution in [0.25, 0.3) is 5.69 Å². The van der Waals surface area contributed by atoms with Gasteiger partial charge < -0.3 is 9.64 Å². The largest absolute Gasteiger partial charge is 0.370 e. The number of nitrogens with one attached hydrogen (secondary N) is 2. The molecule has 1 amide bonds. The first-order valence-electron chi connectivity index (χ1n) is 9.87. The number of aromatic nitrogens is 4. The van der Waals surface area contributed by atoms with Crippen LogP contribution in [0.15, 0.2) is 66.0 Å². The molecule has 154 valence electrons. The number of benzene rings is 2. The molecule has 0 saturated carbocycles.